The van der Waals surface area contributed by atoms with Crippen molar-refractivity contribution in [1.29, 1.82) is 0 Å². The Morgan fingerprint density at radius 2 is 1.87 bits per heavy atom. The van der Waals surface area contributed by atoms with E-state index in [1.165, 1.54) is 6.07 Å². The molecule has 0 fully saturated rings. The Bertz CT molecular complexity index is 457. The average molecular weight is 201 g/mol. The molecule has 2 aromatic rings. The minimum atomic E-state index is -1.28. The van der Waals surface area contributed by atoms with E-state index in [2.05, 4.69) is 0 Å². The third-order valence-corrected chi connectivity index (χ3v) is 2.08. The maximum absolute atomic E-state index is 10.5. The summed E-state index contributed by atoms with van der Waals surface area (Å²) in [5.41, 5.74) is 1.08. The summed E-state index contributed by atoms with van der Waals surface area (Å²) in [6, 6.07) is 12.8. The van der Waals surface area contributed by atoms with Gasteiger partial charge in [0.1, 0.15) is 17.5 Å². The van der Waals surface area contributed by atoms with E-state index >= 15 is 0 Å². The molecule has 0 spiro atoms. The SMILES string of the molecule is O=C([O-])c1ccc(Cc2ccccc2)o1. The number of rotatable bonds is 3. The molecule has 15 heavy (non-hydrogen) atoms. The van der Waals surface area contributed by atoms with Gasteiger partial charge in [-0.2, -0.15) is 0 Å². The first kappa shape index (κ1) is 9.52. The highest BCUT2D eigenvalue weighted by Crippen LogP contribution is 2.12. The van der Waals surface area contributed by atoms with Gasteiger partial charge in [0.15, 0.2) is 0 Å². The van der Waals surface area contributed by atoms with Crippen LogP contribution in [-0.4, -0.2) is 5.97 Å². The van der Waals surface area contributed by atoms with Crippen molar-refractivity contribution in [2.45, 2.75) is 6.42 Å². The number of benzene rings is 1. The standard InChI is InChI=1S/C12H10O3/c13-12(14)11-7-6-10(15-11)8-9-4-2-1-3-5-9/h1-7H,8H2,(H,13,14)/p-1. The highest BCUT2D eigenvalue weighted by molar-refractivity contribution is 5.82. The van der Waals surface area contributed by atoms with E-state index in [1.807, 2.05) is 30.3 Å². The van der Waals surface area contributed by atoms with E-state index in [0.29, 0.717) is 12.2 Å². The second-order valence-corrected chi connectivity index (χ2v) is 3.22. The Labute approximate surface area is 87.0 Å². The number of carbonyl (C=O) groups is 1. The lowest BCUT2D eigenvalue weighted by Crippen LogP contribution is -2.21. The number of carboxylic acid groups (broad SMARTS) is 1. The quantitative estimate of drug-likeness (QED) is 0.750. The Kier molecular flexibility index (Phi) is 2.54. The number of aromatic carboxylic acids is 1. The van der Waals surface area contributed by atoms with Gasteiger partial charge in [-0.1, -0.05) is 30.3 Å². The molecule has 2 rings (SSSR count). The summed E-state index contributed by atoms with van der Waals surface area (Å²) >= 11 is 0. The predicted molar refractivity (Wildman–Crippen MR) is 52.3 cm³/mol. The van der Waals surface area contributed by atoms with Gasteiger partial charge in [0.2, 0.25) is 0 Å². The van der Waals surface area contributed by atoms with Crippen molar-refractivity contribution in [3.63, 3.8) is 0 Å². The van der Waals surface area contributed by atoms with Crippen LogP contribution in [0.5, 0.6) is 0 Å². The van der Waals surface area contributed by atoms with Gasteiger partial charge < -0.3 is 14.3 Å². The molecule has 0 aliphatic rings. The maximum atomic E-state index is 10.5. The van der Waals surface area contributed by atoms with Crippen LogP contribution in [0.3, 0.4) is 0 Å². The van der Waals surface area contributed by atoms with Gasteiger partial charge in [0, 0.05) is 6.42 Å². The molecular weight excluding hydrogens is 192 g/mol. The highest BCUT2D eigenvalue weighted by Gasteiger charge is 2.03. The second kappa shape index (κ2) is 4.00. The molecule has 1 heterocycles. The number of furan rings is 1. The first-order chi connectivity index (χ1) is 7.25. The lowest BCUT2D eigenvalue weighted by atomic mass is 10.1. The van der Waals surface area contributed by atoms with Crippen molar-refractivity contribution >= 4 is 5.97 Å². The van der Waals surface area contributed by atoms with Crippen molar-refractivity contribution in [2.75, 3.05) is 0 Å². The molecule has 0 bridgehead atoms. The zero-order chi connectivity index (χ0) is 10.7. The van der Waals surface area contributed by atoms with Crippen molar-refractivity contribution in [1.82, 2.24) is 0 Å². The van der Waals surface area contributed by atoms with E-state index in [0.717, 1.165) is 5.56 Å². The zero-order valence-electron chi connectivity index (χ0n) is 7.97. The monoisotopic (exact) mass is 201 g/mol. The van der Waals surface area contributed by atoms with Gasteiger partial charge in [-0.3, -0.25) is 0 Å². The molecule has 3 heteroatoms. The van der Waals surface area contributed by atoms with Crippen molar-refractivity contribution in [3.8, 4) is 0 Å². The van der Waals surface area contributed by atoms with Gasteiger partial charge >= 0.3 is 0 Å². The van der Waals surface area contributed by atoms with Crippen LogP contribution in [0, 0.1) is 0 Å². The summed E-state index contributed by atoms with van der Waals surface area (Å²) in [7, 11) is 0. The summed E-state index contributed by atoms with van der Waals surface area (Å²) < 4.78 is 5.09. The summed E-state index contributed by atoms with van der Waals surface area (Å²) in [5, 5.41) is 10.5. The normalized spacial score (nSPS) is 10.1. The molecular formula is C12H9O3-. The van der Waals surface area contributed by atoms with Crippen LogP contribution >= 0.6 is 0 Å². The molecule has 0 unspecified atom stereocenters. The molecule has 3 nitrogen and oxygen atoms in total. The van der Waals surface area contributed by atoms with Gasteiger partial charge in [-0.25, -0.2) is 0 Å². The molecule has 1 aromatic heterocycles. The number of carbonyl (C=O) groups excluding carboxylic acids is 1. The molecule has 0 aliphatic heterocycles. The molecule has 0 atom stereocenters. The second-order valence-electron chi connectivity index (χ2n) is 3.22. The molecule has 0 amide bonds. The zero-order valence-corrected chi connectivity index (χ0v) is 7.97. The largest absolute Gasteiger partial charge is 0.542 e. The highest BCUT2D eigenvalue weighted by atomic mass is 16.4. The smallest absolute Gasteiger partial charge is 0.149 e. The molecule has 0 saturated heterocycles. The van der Waals surface area contributed by atoms with Crippen LogP contribution < -0.4 is 5.11 Å². The number of carboxylic acids is 1. The van der Waals surface area contributed by atoms with Crippen LogP contribution in [0.4, 0.5) is 0 Å². The van der Waals surface area contributed by atoms with E-state index < -0.39 is 5.97 Å². The average Bonchev–Trinajstić information content (AvgIpc) is 2.68. The first-order valence-corrected chi connectivity index (χ1v) is 4.59. The third kappa shape index (κ3) is 2.26. The molecule has 76 valence electrons. The van der Waals surface area contributed by atoms with Gasteiger partial charge in [-0.15, -0.1) is 0 Å². The fourth-order valence-corrected chi connectivity index (χ4v) is 1.38. The lowest BCUT2D eigenvalue weighted by Gasteiger charge is -1.98. The van der Waals surface area contributed by atoms with Gasteiger partial charge in [0.05, 0.1) is 0 Å². The molecule has 1 aromatic carbocycles. The van der Waals surface area contributed by atoms with Crippen LogP contribution in [-0.2, 0) is 6.42 Å². The number of hydrogen-bond donors (Lipinski definition) is 0. The van der Waals surface area contributed by atoms with Gasteiger partial charge in [0.25, 0.3) is 0 Å². The lowest BCUT2D eigenvalue weighted by molar-refractivity contribution is -0.257. The minimum Gasteiger partial charge on any atom is -0.542 e. The van der Waals surface area contributed by atoms with Crippen molar-refractivity contribution in [2.24, 2.45) is 0 Å². The summed E-state index contributed by atoms with van der Waals surface area (Å²) in [6.45, 7) is 0. The van der Waals surface area contributed by atoms with Crippen LogP contribution in [0.1, 0.15) is 21.9 Å². The first-order valence-electron chi connectivity index (χ1n) is 4.59. The van der Waals surface area contributed by atoms with Crippen molar-refractivity contribution < 1.29 is 14.3 Å². The predicted octanol–water partition coefficient (Wildman–Crippen LogP) is 1.23. The van der Waals surface area contributed by atoms with Crippen molar-refractivity contribution in [3.05, 3.63) is 59.5 Å². The summed E-state index contributed by atoms with van der Waals surface area (Å²) in [4.78, 5) is 10.5. The minimum absolute atomic E-state index is 0.124. The van der Waals surface area contributed by atoms with Crippen LogP contribution in [0.25, 0.3) is 0 Å². The Balaban J connectivity index is 2.15. The summed E-state index contributed by atoms with van der Waals surface area (Å²) in [5.74, 6) is -0.782. The topological polar surface area (TPSA) is 53.3 Å². The van der Waals surface area contributed by atoms with Crippen LogP contribution in [0.15, 0.2) is 46.9 Å². The Morgan fingerprint density at radius 3 is 2.47 bits per heavy atom. The number of hydrogen-bond acceptors (Lipinski definition) is 3. The van der Waals surface area contributed by atoms with E-state index in [1.54, 1.807) is 6.07 Å². The third-order valence-electron chi connectivity index (χ3n) is 2.08. The fourth-order valence-electron chi connectivity index (χ4n) is 1.38. The Hall–Kier alpha value is -2.03. The fraction of sp³-hybridized carbons (Fsp3) is 0.0833. The summed E-state index contributed by atoms with van der Waals surface area (Å²) in [6.07, 6.45) is 0.591. The Morgan fingerprint density at radius 1 is 1.13 bits per heavy atom. The van der Waals surface area contributed by atoms with E-state index in [4.69, 9.17) is 4.42 Å². The molecule has 0 radical (unpaired) electrons. The molecule has 0 saturated carbocycles. The maximum Gasteiger partial charge on any atom is 0.149 e. The molecule has 0 N–H and O–H groups in total. The van der Waals surface area contributed by atoms with Gasteiger partial charge in [-0.05, 0) is 17.7 Å². The molecule has 0 aliphatic carbocycles. The van der Waals surface area contributed by atoms with E-state index in [9.17, 15) is 9.90 Å². The van der Waals surface area contributed by atoms with Crippen LogP contribution in [0.2, 0.25) is 0 Å². The van der Waals surface area contributed by atoms with E-state index in [-0.39, 0.29) is 5.76 Å².